The van der Waals surface area contributed by atoms with Crippen LogP contribution in [0.4, 0.5) is 0 Å². The molecule has 0 amide bonds. The van der Waals surface area contributed by atoms with Gasteiger partial charge in [0.1, 0.15) is 5.52 Å². The van der Waals surface area contributed by atoms with E-state index in [2.05, 4.69) is 30.3 Å². The van der Waals surface area contributed by atoms with Crippen LogP contribution < -0.4 is 0 Å². The van der Waals surface area contributed by atoms with Crippen LogP contribution in [0.15, 0.2) is 10.9 Å². The fourth-order valence-electron chi connectivity index (χ4n) is 1.95. The molecule has 0 fully saturated rings. The Bertz CT molecular complexity index is 822. The highest BCUT2D eigenvalue weighted by atomic mass is 16.5. The van der Waals surface area contributed by atoms with Crippen LogP contribution in [0.5, 0.6) is 0 Å². The van der Waals surface area contributed by atoms with Crippen LogP contribution in [0, 0.1) is 6.92 Å². The Kier molecular flexibility index (Phi) is 1.16. The first kappa shape index (κ1) is 7.80. The fourth-order valence-corrected chi connectivity index (χ4v) is 1.95. The number of aromatic amines is 2. The van der Waals surface area contributed by atoms with Crippen molar-refractivity contribution in [2.75, 3.05) is 0 Å². The lowest BCUT2D eigenvalue weighted by Gasteiger charge is -1.94. The lowest BCUT2D eigenvalue weighted by atomic mass is 10.2. The van der Waals surface area contributed by atoms with E-state index in [1.165, 1.54) is 0 Å². The molecular formula is C9H6N6O. The summed E-state index contributed by atoms with van der Waals surface area (Å²) in [5, 5.41) is 12.7. The normalized spacial score (nSPS) is 12.1. The lowest BCUT2D eigenvalue weighted by Crippen LogP contribution is -1.87. The van der Waals surface area contributed by atoms with Gasteiger partial charge in [0.2, 0.25) is 0 Å². The topological polar surface area (TPSA) is 96.3 Å². The second-order valence-electron chi connectivity index (χ2n) is 3.62. The molecule has 0 saturated heterocycles. The summed E-state index contributed by atoms with van der Waals surface area (Å²) in [6, 6.07) is 0. The van der Waals surface area contributed by atoms with E-state index >= 15 is 0 Å². The maximum absolute atomic E-state index is 5.23. The number of rotatable bonds is 0. The molecule has 0 spiro atoms. The van der Waals surface area contributed by atoms with Crippen LogP contribution in [0.3, 0.4) is 0 Å². The third kappa shape index (κ3) is 0.746. The summed E-state index contributed by atoms with van der Waals surface area (Å²) < 4.78 is 5.23. The third-order valence-corrected chi connectivity index (χ3v) is 2.67. The standard InChI is InChI=1S/C9H6N6O/c1-3-4-6-5-7(12-9(4)16-15-3)10-2-11-8(5)14-13-6/h2,15H,1H3,(H,10,11,13,14). The molecule has 0 aliphatic heterocycles. The van der Waals surface area contributed by atoms with Crippen molar-refractivity contribution in [3.05, 3.63) is 12.0 Å². The van der Waals surface area contributed by atoms with Crippen LogP contribution in [0.1, 0.15) is 5.69 Å². The molecule has 4 aromatic heterocycles. The number of hydrogen-bond donors (Lipinski definition) is 2. The first-order valence-electron chi connectivity index (χ1n) is 4.77. The van der Waals surface area contributed by atoms with Crippen molar-refractivity contribution >= 4 is 33.3 Å². The van der Waals surface area contributed by atoms with Crippen LogP contribution in [-0.4, -0.2) is 30.3 Å². The molecule has 0 aliphatic rings. The van der Waals surface area contributed by atoms with Gasteiger partial charge in [0.15, 0.2) is 11.3 Å². The number of fused-ring (bicyclic) bond motifs is 2. The molecule has 0 saturated carbocycles. The van der Waals surface area contributed by atoms with E-state index in [9.17, 15) is 0 Å². The van der Waals surface area contributed by atoms with E-state index in [1.807, 2.05) is 6.92 Å². The number of hydrogen-bond acceptors (Lipinski definition) is 5. The van der Waals surface area contributed by atoms with E-state index in [1.54, 1.807) is 6.33 Å². The first-order valence-corrected chi connectivity index (χ1v) is 4.77. The van der Waals surface area contributed by atoms with Gasteiger partial charge in [-0.2, -0.15) is 4.98 Å². The van der Waals surface area contributed by atoms with Crippen molar-refractivity contribution < 1.29 is 4.52 Å². The molecule has 7 nitrogen and oxygen atoms in total. The number of aryl methyl sites for hydroxylation is 1. The summed E-state index contributed by atoms with van der Waals surface area (Å²) >= 11 is 0. The van der Waals surface area contributed by atoms with Crippen molar-refractivity contribution in [2.24, 2.45) is 0 Å². The zero-order valence-corrected chi connectivity index (χ0v) is 8.27. The molecule has 2 N–H and O–H groups in total. The average molecular weight is 214 g/mol. The van der Waals surface area contributed by atoms with Crippen LogP contribution >= 0.6 is 0 Å². The average Bonchev–Trinajstić information content (AvgIpc) is 2.86. The van der Waals surface area contributed by atoms with Gasteiger partial charge in [-0.1, -0.05) is 0 Å². The van der Waals surface area contributed by atoms with Crippen LogP contribution in [-0.2, 0) is 0 Å². The molecule has 7 heteroatoms. The summed E-state index contributed by atoms with van der Waals surface area (Å²) in [7, 11) is 0. The monoisotopic (exact) mass is 214 g/mol. The number of pyridine rings is 1. The van der Waals surface area contributed by atoms with E-state index in [0.29, 0.717) is 17.0 Å². The minimum absolute atomic E-state index is 0.505. The molecule has 16 heavy (non-hydrogen) atoms. The molecule has 0 atom stereocenters. The highest BCUT2D eigenvalue weighted by Crippen LogP contribution is 2.28. The highest BCUT2D eigenvalue weighted by molar-refractivity contribution is 6.13. The molecule has 0 radical (unpaired) electrons. The predicted octanol–water partition coefficient (Wildman–Crippen LogP) is 1.28. The second kappa shape index (κ2) is 2.38. The molecule has 4 aromatic rings. The zero-order chi connectivity index (χ0) is 10.7. The van der Waals surface area contributed by atoms with E-state index < -0.39 is 0 Å². The Hall–Kier alpha value is -2.44. The molecule has 4 heterocycles. The van der Waals surface area contributed by atoms with Gasteiger partial charge in [0.25, 0.3) is 5.71 Å². The summed E-state index contributed by atoms with van der Waals surface area (Å²) in [5.74, 6) is 0. The number of aromatic nitrogens is 6. The Morgan fingerprint density at radius 2 is 2.19 bits per heavy atom. The van der Waals surface area contributed by atoms with Gasteiger partial charge in [-0.25, -0.2) is 10.1 Å². The van der Waals surface area contributed by atoms with Crippen LogP contribution in [0.2, 0.25) is 0 Å². The Labute approximate surface area is 87.9 Å². The third-order valence-electron chi connectivity index (χ3n) is 2.67. The molecule has 4 rings (SSSR count). The van der Waals surface area contributed by atoms with Gasteiger partial charge in [0.05, 0.1) is 22.8 Å². The van der Waals surface area contributed by atoms with Crippen LogP contribution in [0.25, 0.3) is 33.3 Å². The lowest BCUT2D eigenvalue weighted by molar-refractivity contribution is 0.443. The summed E-state index contributed by atoms with van der Waals surface area (Å²) in [4.78, 5) is 11.4. The van der Waals surface area contributed by atoms with E-state index in [0.717, 1.165) is 22.0 Å². The van der Waals surface area contributed by atoms with Crippen molar-refractivity contribution in [3.63, 3.8) is 0 Å². The Balaban J connectivity index is 2.47. The van der Waals surface area contributed by atoms with E-state index in [4.69, 9.17) is 4.52 Å². The molecule has 0 aromatic carbocycles. The SMILES string of the molecule is Cc1[nH]oc2nc3nc[nH]c4nnc(c12)c34. The highest BCUT2D eigenvalue weighted by Gasteiger charge is 2.17. The van der Waals surface area contributed by atoms with Gasteiger partial charge in [-0.05, 0) is 6.92 Å². The van der Waals surface area contributed by atoms with E-state index in [-0.39, 0.29) is 0 Å². The van der Waals surface area contributed by atoms with Gasteiger partial charge in [-0.3, -0.25) is 0 Å². The summed E-state index contributed by atoms with van der Waals surface area (Å²) in [5.41, 5.74) is 3.43. The minimum atomic E-state index is 0.505. The number of nitrogens with zero attached hydrogens (tertiary/aromatic N) is 4. The summed E-state index contributed by atoms with van der Waals surface area (Å²) in [6.45, 7) is 1.91. The Morgan fingerprint density at radius 3 is 3.12 bits per heavy atom. The molecular weight excluding hydrogens is 208 g/mol. The van der Waals surface area contributed by atoms with Gasteiger partial charge >= 0.3 is 0 Å². The Morgan fingerprint density at radius 1 is 1.25 bits per heavy atom. The molecule has 0 unspecified atom stereocenters. The predicted molar refractivity (Wildman–Crippen MR) is 55.8 cm³/mol. The van der Waals surface area contributed by atoms with Crippen molar-refractivity contribution in [3.8, 4) is 0 Å². The zero-order valence-electron chi connectivity index (χ0n) is 8.27. The largest absolute Gasteiger partial charge is 0.361 e. The fraction of sp³-hybridized carbons (Fsp3) is 0.111. The quantitative estimate of drug-likeness (QED) is 0.459. The van der Waals surface area contributed by atoms with Crippen molar-refractivity contribution in [1.82, 2.24) is 30.3 Å². The van der Waals surface area contributed by atoms with Crippen molar-refractivity contribution in [2.45, 2.75) is 6.92 Å². The molecule has 0 bridgehead atoms. The second-order valence-corrected chi connectivity index (χ2v) is 3.62. The van der Waals surface area contributed by atoms with Crippen molar-refractivity contribution in [1.29, 1.82) is 0 Å². The van der Waals surface area contributed by atoms with Gasteiger partial charge < -0.3 is 9.51 Å². The number of nitrogens with one attached hydrogen (secondary N) is 2. The number of H-pyrrole nitrogens is 2. The maximum Gasteiger partial charge on any atom is 0.259 e. The first-order chi connectivity index (χ1) is 7.84. The minimum Gasteiger partial charge on any atom is -0.361 e. The maximum atomic E-state index is 5.23. The smallest absolute Gasteiger partial charge is 0.259 e. The van der Waals surface area contributed by atoms with Gasteiger partial charge in [-0.15, -0.1) is 10.2 Å². The summed E-state index contributed by atoms with van der Waals surface area (Å²) in [6.07, 6.45) is 1.55. The molecule has 78 valence electrons. The molecule has 0 aliphatic carbocycles. The van der Waals surface area contributed by atoms with Gasteiger partial charge in [0, 0.05) is 0 Å².